The number of benzene rings is 2. The first-order chi connectivity index (χ1) is 11.4. The fourth-order valence-electron chi connectivity index (χ4n) is 1.93. The van der Waals surface area contributed by atoms with Crippen molar-refractivity contribution in [2.24, 2.45) is 5.73 Å². The third kappa shape index (κ3) is 4.57. The van der Waals surface area contributed by atoms with Crippen LogP contribution in [0.25, 0.3) is 0 Å². The number of ether oxygens (including phenoxy) is 1. The molecule has 0 aliphatic heterocycles. The lowest BCUT2D eigenvalue weighted by atomic mass is 10.0. The van der Waals surface area contributed by atoms with Gasteiger partial charge in [-0.05, 0) is 55.5 Å². The summed E-state index contributed by atoms with van der Waals surface area (Å²) in [7, 11) is 0. The molecule has 0 bridgehead atoms. The molecular formula is C17H15ClN2O4. The van der Waals surface area contributed by atoms with Crippen LogP contribution in [0.4, 0.5) is 4.79 Å². The maximum atomic E-state index is 12.3. The Morgan fingerprint density at radius 3 is 2.00 bits per heavy atom. The van der Waals surface area contributed by atoms with E-state index in [0.717, 1.165) is 0 Å². The minimum atomic E-state index is -0.945. The third-order valence-corrected chi connectivity index (χ3v) is 3.40. The van der Waals surface area contributed by atoms with Crippen molar-refractivity contribution in [3.63, 3.8) is 0 Å². The van der Waals surface area contributed by atoms with Crippen molar-refractivity contribution in [3.05, 3.63) is 64.7 Å². The van der Waals surface area contributed by atoms with E-state index in [9.17, 15) is 14.4 Å². The van der Waals surface area contributed by atoms with Gasteiger partial charge in [-0.3, -0.25) is 14.9 Å². The molecule has 2 aromatic carbocycles. The van der Waals surface area contributed by atoms with Crippen molar-refractivity contribution >= 4 is 29.3 Å². The number of hydrogen-bond donors (Lipinski definition) is 2. The summed E-state index contributed by atoms with van der Waals surface area (Å²) >= 11 is 5.80. The van der Waals surface area contributed by atoms with Crippen LogP contribution in [0.15, 0.2) is 48.5 Å². The molecule has 3 N–H and O–H groups in total. The molecule has 0 aromatic heterocycles. The maximum absolute atomic E-state index is 12.3. The number of halogens is 1. The summed E-state index contributed by atoms with van der Waals surface area (Å²) in [6, 6.07) is 11.9. The van der Waals surface area contributed by atoms with E-state index in [0.29, 0.717) is 21.9 Å². The minimum absolute atomic E-state index is 0.155. The highest BCUT2D eigenvalue weighted by Gasteiger charge is 2.16. The highest BCUT2D eigenvalue weighted by atomic mass is 35.5. The van der Waals surface area contributed by atoms with Crippen LogP contribution in [0.2, 0.25) is 5.02 Å². The first-order valence-electron chi connectivity index (χ1n) is 7.04. The number of nitrogens with two attached hydrogens (primary N) is 1. The Hall–Kier alpha value is -2.86. The quantitative estimate of drug-likeness (QED) is 0.813. The van der Waals surface area contributed by atoms with Crippen molar-refractivity contribution < 1.29 is 19.1 Å². The standard InChI is InChI=1S/C17H15ClN2O4/c1-10(16(22)20-17(19)23)24-14-8-4-12(5-9-14)15(21)11-2-6-13(18)7-3-11/h2-10H,1H3,(H3,19,20,22,23). The highest BCUT2D eigenvalue weighted by molar-refractivity contribution is 6.30. The molecule has 6 nitrogen and oxygen atoms in total. The van der Waals surface area contributed by atoms with Crippen LogP contribution in [0.1, 0.15) is 22.8 Å². The van der Waals surface area contributed by atoms with Crippen molar-refractivity contribution in [1.29, 1.82) is 0 Å². The average Bonchev–Trinajstić information content (AvgIpc) is 2.55. The molecule has 1 unspecified atom stereocenters. The van der Waals surface area contributed by atoms with Gasteiger partial charge in [0.2, 0.25) is 0 Å². The monoisotopic (exact) mass is 346 g/mol. The molecule has 0 spiro atoms. The van der Waals surface area contributed by atoms with Gasteiger partial charge in [-0.1, -0.05) is 11.6 Å². The molecule has 3 amide bonds. The molecule has 2 rings (SSSR count). The number of nitrogens with one attached hydrogen (secondary N) is 1. The van der Waals surface area contributed by atoms with Crippen molar-refractivity contribution in [1.82, 2.24) is 5.32 Å². The molecule has 0 heterocycles. The molecule has 0 radical (unpaired) electrons. The van der Waals surface area contributed by atoms with E-state index >= 15 is 0 Å². The zero-order valence-corrected chi connectivity index (χ0v) is 13.5. The van der Waals surface area contributed by atoms with Gasteiger partial charge >= 0.3 is 6.03 Å². The Bertz CT molecular complexity index is 757. The summed E-state index contributed by atoms with van der Waals surface area (Å²) in [5.74, 6) is -0.420. The van der Waals surface area contributed by atoms with Gasteiger partial charge in [-0.2, -0.15) is 0 Å². The van der Waals surface area contributed by atoms with E-state index in [-0.39, 0.29) is 5.78 Å². The van der Waals surface area contributed by atoms with Crippen LogP contribution in [0, 0.1) is 0 Å². The zero-order valence-electron chi connectivity index (χ0n) is 12.8. The molecule has 0 fully saturated rings. The van der Waals surface area contributed by atoms with Gasteiger partial charge in [0, 0.05) is 16.1 Å². The largest absolute Gasteiger partial charge is 0.481 e. The third-order valence-electron chi connectivity index (χ3n) is 3.15. The van der Waals surface area contributed by atoms with Crippen molar-refractivity contribution in [2.45, 2.75) is 13.0 Å². The smallest absolute Gasteiger partial charge is 0.318 e. The lowest BCUT2D eigenvalue weighted by Crippen LogP contribution is -2.42. The number of amides is 3. The van der Waals surface area contributed by atoms with Crippen molar-refractivity contribution in [2.75, 3.05) is 0 Å². The summed E-state index contributed by atoms with van der Waals surface area (Å²) in [4.78, 5) is 34.5. The van der Waals surface area contributed by atoms with E-state index in [1.807, 2.05) is 5.32 Å². The SMILES string of the molecule is CC(Oc1ccc(C(=O)c2ccc(Cl)cc2)cc1)C(=O)NC(N)=O. The summed E-state index contributed by atoms with van der Waals surface area (Å²) in [5.41, 5.74) is 5.86. The van der Waals surface area contributed by atoms with E-state index in [4.69, 9.17) is 22.1 Å². The van der Waals surface area contributed by atoms with Gasteiger partial charge in [0.1, 0.15) is 5.75 Å². The first-order valence-corrected chi connectivity index (χ1v) is 7.42. The van der Waals surface area contributed by atoms with Crippen LogP contribution >= 0.6 is 11.6 Å². The maximum Gasteiger partial charge on any atom is 0.318 e. The van der Waals surface area contributed by atoms with Crippen LogP contribution in [0.5, 0.6) is 5.75 Å². The van der Waals surface area contributed by atoms with Gasteiger partial charge in [0.15, 0.2) is 11.9 Å². The number of primary amides is 1. The van der Waals surface area contributed by atoms with Crippen LogP contribution in [0.3, 0.4) is 0 Å². The summed E-state index contributed by atoms with van der Waals surface area (Å²) in [6.45, 7) is 1.48. The van der Waals surface area contributed by atoms with Crippen LogP contribution < -0.4 is 15.8 Å². The summed E-state index contributed by atoms with van der Waals surface area (Å²) < 4.78 is 5.38. The fourth-order valence-corrected chi connectivity index (χ4v) is 2.06. The lowest BCUT2D eigenvalue weighted by molar-refractivity contribution is -0.126. The normalized spacial score (nSPS) is 11.4. The molecule has 0 saturated heterocycles. The number of imide groups is 1. The van der Waals surface area contributed by atoms with E-state index in [1.165, 1.54) is 6.92 Å². The molecule has 1 atom stereocenters. The topological polar surface area (TPSA) is 98.5 Å². The number of urea groups is 1. The molecule has 0 aliphatic rings. The first kappa shape index (κ1) is 17.5. The number of carbonyl (C=O) groups excluding carboxylic acids is 3. The van der Waals surface area contributed by atoms with Gasteiger partial charge in [-0.25, -0.2) is 4.79 Å². The van der Waals surface area contributed by atoms with Gasteiger partial charge in [-0.15, -0.1) is 0 Å². The van der Waals surface area contributed by atoms with Crippen molar-refractivity contribution in [3.8, 4) is 5.75 Å². The second kappa shape index (κ2) is 7.61. The molecule has 7 heteroatoms. The van der Waals surface area contributed by atoms with Gasteiger partial charge < -0.3 is 10.5 Å². The lowest BCUT2D eigenvalue weighted by Gasteiger charge is -2.13. The Morgan fingerprint density at radius 1 is 1.00 bits per heavy atom. The summed E-state index contributed by atoms with van der Waals surface area (Å²) in [5, 5.41) is 2.48. The molecule has 2 aromatic rings. The zero-order chi connectivity index (χ0) is 17.7. The number of hydrogen-bond acceptors (Lipinski definition) is 4. The predicted octanol–water partition coefficient (Wildman–Crippen LogP) is 2.53. The van der Waals surface area contributed by atoms with E-state index in [2.05, 4.69) is 0 Å². The molecule has 24 heavy (non-hydrogen) atoms. The van der Waals surface area contributed by atoms with Gasteiger partial charge in [0.05, 0.1) is 0 Å². The van der Waals surface area contributed by atoms with Gasteiger partial charge in [0.25, 0.3) is 5.91 Å². The molecule has 124 valence electrons. The molecule has 0 saturated carbocycles. The second-order valence-electron chi connectivity index (χ2n) is 4.97. The second-order valence-corrected chi connectivity index (χ2v) is 5.41. The summed E-state index contributed by atoms with van der Waals surface area (Å²) in [6.07, 6.45) is -0.907. The van der Waals surface area contributed by atoms with E-state index in [1.54, 1.807) is 48.5 Å². The minimum Gasteiger partial charge on any atom is -0.481 e. The Morgan fingerprint density at radius 2 is 1.50 bits per heavy atom. The number of carbonyl (C=O) groups is 3. The number of ketones is 1. The average molecular weight is 347 g/mol. The predicted molar refractivity (Wildman–Crippen MR) is 89.1 cm³/mol. The van der Waals surface area contributed by atoms with Crippen LogP contribution in [-0.4, -0.2) is 23.8 Å². The van der Waals surface area contributed by atoms with Crippen LogP contribution in [-0.2, 0) is 4.79 Å². The highest BCUT2D eigenvalue weighted by Crippen LogP contribution is 2.18. The number of rotatable bonds is 5. The van der Waals surface area contributed by atoms with E-state index < -0.39 is 18.0 Å². The Kier molecular flexibility index (Phi) is 5.55. The molecule has 0 aliphatic carbocycles. The Labute approximate surface area is 143 Å². The molecular weight excluding hydrogens is 332 g/mol. The Balaban J connectivity index is 2.05. The fraction of sp³-hybridized carbons (Fsp3) is 0.118.